The number of hydroxylamine groups is 2. The molecule has 3 aromatic rings. The van der Waals surface area contributed by atoms with E-state index < -0.39 is 0 Å². The minimum atomic E-state index is -0.0183. The van der Waals surface area contributed by atoms with Gasteiger partial charge >= 0.3 is 0 Å². The van der Waals surface area contributed by atoms with Crippen molar-refractivity contribution in [3.8, 4) is 16.9 Å². The molecular formula is C25H28N2O2. The third-order valence-corrected chi connectivity index (χ3v) is 6.37. The molecule has 4 nitrogen and oxygen atoms in total. The van der Waals surface area contributed by atoms with Crippen LogP contribution in [0.25, 0.3) is 21.9 Å². The van der Waals surface area contributed by atoms with E-state index in [0.29, 0.717) is 0 Å². The normalized spacial score (nSPS) is 18.6. The summed E-state index contributed by atoms with van der Waals surface area (Å²) in [4.78, 5) is 10.1. The van der Waals surface area contributed by atoms with Gasteiger partial charge in [-0.15, -0.1) is 0 Å². The van der Waals surface area contributed by atoms with Crippen molar-refractivity contribution in [2.24, 2.45) is 0 Å². The number of hydrogen-bond acceptors (Lipinski definition) is 4. The molecule has 29 heavy (non-hydrogen) atoms. The number of aromatic nitrogens is 1. The summed E-state index contributed by atoms with van der Waals surface area (Å²) in [5, 5.41) is 4.51. The van der Waals surface area contributed by atoms with E-state index in [2.05, 4.69) is 52.5 Å². The summed E-state index contributed by atoms with van der Waals surface area (Å²) in [6.45, 7) is 6.73. The van der Waals surface area contributed by atoms with Crippen LogP contribution in [-0.4, -0.2) is 35.3 Å². The Balaban J connectivity index is 1.38. The first-order valence-electron chi connectivity index (χ1n) is 10.7. The lowest BCUT2D eigenvalue weighted by Gasteiger charge is -2.44. The molecule has 1 saturated heterocycles. The maximum atomic E-state index is 6.57. The van der Waals surface area contributed by atoms with Gasteiger partial charge in [0.05, 0.1) is 6.61 Å². The summed E-state index contributed by atoms with van der Waals surface area (Å²) in [6, 6.07) is 15.4. The number of hydrogen-bond donors (Lipinski definition) is 0. The van der Waals surface area contributed by atoms with Crippen LogP contribution < -0.4 is 4.74 Å². The summed E-state index contributed by atoms with van der Waals surface area (Å²) in [5.74, 6) is 1.06. The summed E-state index contributed by atoms with van der Waals surface area (Å²) in [7, 11) is 0. The average Bonchev–Trinajstić information content (AvgIpc) is 2.75. The molecule has 1 spiro atoms. The van der Waals surface area contributed by atoms with Crippen LogP contribution in [0.15, 0.2) is 48.7 Å². The second kappa shape index (κ2) is 7.43. The summed E-state index contributed by atoms with van der Waals surface area (Å²) in [5.41, 5.74) is 4.86. The molecule has 0 atom stereocenters. The smallest absolute Gasteiger partial charge is 0.123 e. The number of pyridine rings is 1. The van der Waals surface area contributed by atoms with Gasteiger partial charge in [-0.05, 0) is 73.0 Å². The molecule has 1 aromatic heterocycles. The Labute approximate surface area is 172 Å². The molecule has 0 N–H and O–H groups in total. The summed E-state index contributed by atoms with van der Waals surface area (Å²) in [6.07, 6.45) is 6.18. The number of piperidine rings is 1. The third-order valence-electron chi connectivity index (χ3n) is 6.37. The van der Waals surface area contributed by atoms with Gasteiger partial charge in [-0.3, -0.25) is 9.82 Å². The van der Waals surface area contributed by atoms with Crippen LogP contribution in [0.3, 0.4) is 0 Å². The fourth-order valence-corrected chi connectivity index (χ4v) is 4.69. The lowest BCUT2D eigenvalue weighted by molar-refractivity contribution is -0.188. The lowest BCUT2D eigenvalue weighted by Crippen LogP contribution is -2.49. The van der Waals surface area contributed by atoms with E-state index >= 15 is 0 Å². The van der Waals surface area contributed by atoms with Crippen molar-refractivity contribution in [2.75, 3.05) is 19.7 Å². The van der Waals surface area contributed by atoms with Crippen LogP contribution in [0.4, 0.5) is 0 Å². The minimum Gasteiger partial charge on any atom is -0.487 e. The van der Waals surface area contributed by atoms with Crippen LogP contribution in [-0.2, 0) is 11.3 Å². The van der Waals surface area contributed by atoms with Crippen LogP contribution in [0, 0.1) is 6.92 Å². The Morgan fingerprint density at radius 3 is 2.62 bits per heavy atom. The predicted molar refractivity (Wildman–Crippen MR) is 116 cm³/mol. The van der Waals surface area contributed by atoms with Crippen molar-refractivity contribution < 1.29 is 9.57 Å². The second-order valence-electron chi connectivity index (χ2n) is 8.34. The highest BCUT2D eigenvalue weighted by molar-refractivity contribution is 5.87. The molecular weight excluding hydrogens is 360 g/mol. The van der Waals surface area contributed by atoms with Crippen LogP contribution >= 0.6 is 0 Å². The van der Waals surface area contributed by atoms with Crippen LogP contribution in [0.1, 0.15) is 37.4 Å². The standard InChI is InChI=1S/C25H28N2O2/c1-3-28-27-12-10-25(11-13-27)9-8-21-15-20(6-7-24(21)29-25)19-4-5-22-17-26-18(2)14-23(22)16-19/h4-7,14-17H,3,8-13H2,1-2H3. The molecule has 4 heteroatoms. The SMILES string of the molecule is CCON1CCC2(CCc3cc(-c4ccc5cnc(C)cc5c4)ccc3O2)CC1. The Hall–Kier alpha value is -2.43. The van der Waals surface area contributed by atoms with Gasteiger partial charge < -0.3 is 4.74 Å². The predicted octanol–water partition coefficient (Wildman–Crippen LogP) is 5.32. The molecule has 3 heterocycles. The van der Waals surface area contributed by atoms with E-state index in [-0.39, 0.29) is 5.60 Å². The fourth-order valence-electron chi connectivity index (χ4n) is 4.69. The van der Waals surface area contributed by atoms with Gasteiger partial charge in [-0.1, -0.05) is 18.2 Å². The Bertz CT molecular complexity index is 1040. The molecule has 150 valence electrons. The van der Waals surface area contributed by atoms with Crippen molar-refractivity contribution in [3.05, 3.63) is 59.9 Å². The van der Waals surface area contributed by atoms with Crippen LogP contribution in [0.5, 0.6) is 5.75 Å². The number of nitrogens with zero attached hydrogens (tertiary/aromatic N) is 2. The van der Waals surface area contributed by atoms with Crippen molar-refractivity contribution in [1.29, 1.82) is 0 Å². The van der Waals surface area contributed by atoms with E-state index in [0.717, 1.165) is 56.8 Å². The Morgan fingerprint density at radius 2 is 1.79 bits per heavy atom. The topological polar surface area (TPSA) is 34.6 Å². The second-order valence-corrected chi connectivity index (χ2v) is 8.34. The van der Waals surface area contributed by atoms with E-state index in [1.165, 1.54) is 27.5 Å². The van der Waals surface area contributed by atoms with Crippen molar-refractivity contribution in [2.45, 2.75) is 45.1 Å². The molecule has 1 fully saturated rings. The largest absolute Gasteiger partial charge is 0.487 e. The van der Waals surface area contributed by atoms with Gasteiger partial charge in [0.1, 0.15) is 11.4 Å². The van der Waals surface area contributed by atoms with Gasteiger partial charge in [-0.25, -0.2) is 0 Å². The molecule has 2 aromatic carbocycles. The molecule has 2 aliphatic heterocycles. The molecule has 0 radical (unpaired) electrons. The highest BCUT2D eigenvalue weighted by Crippen LogP contribution is 2.41. The maximum absolute atomic E-state index is 6.57. The van der Waals surface area contributed by atoms with Gasteiger partial charge in [0.25, 0.3) is 0 Å². The van der Waals surface area contributed by atoms with E-state index in [1.54, 1.807) is 0 Å². The monoisotopic (exact) mass is 388 g/mol. The molecule has 0 saturated carbocycles. The molecule has 0 amide bonds. The van der Waals surface area contributed by atoms with Crippen molar-refractivity contribution >= 4 is 10.8 Å². The number of ether oxygens (including phenoxy) is 1. The number of fused-ring (bicyclic) bond motifs is 2. The molecule has 0 aliphatic carbocycles. The zero-order valence-corrected chi connectivity index (χ0v) is 17.3. The fraction of sp³-hybridized carbons (Fsp3) is 0.400. The Kier molecular flexibility index (Phi) is 4.76. The van der Waals surface area contributed by atoms with Crippen molar-refractivity contribution in [3.63, 3.8) is 0 Å². The first-order valence-corrected chi connectivity index (χ1v) is 10.7. The van der Waals surface area contributed by atoms with E-state index in [4.69, 9.17) is 9.57 Å². The highest BCUT2D eigenvalue weighted by atomic mass is 16.7. The molecule has 0 bridgehead atoms. The Morgan fingerprint density at radius 1 is 1.00 bits per heavy atom. The zero-order chi connectivity index (χ0) is 19.8. The number of rotatable bonds is 3. The molecule has 2 aliphatic rings. The third kappa shape index (κ3) is 3.63. The maximum Gasteiger partial charge on any atom is 0.123 e. The average molecular weight is 389 g/mol. The quantitative estimate of drug-likeness (QED) is 0.608. The first-order chi connectivity index (χ1) is 14.1. The van der Waals surface area contributed by atoms with Gasteiger partial charge in [0.15, 0.2) is 0 Å². The molecule has 0 unspecified atom stereocenters. The van der Waals surface area contributed by atoms with Crippen LogP contribution in [0.2, 0.25) is 0 Å². The van der Waals surface area contributed by atoms with Crippen molar-refractivity contribution in [1.82, 2.24) is 10.0 Å². The number of aryl methyl sites for hydroxylation is 2. The zero-order valence-electron chi connectivity index (χ0n) is 17.3. The van der Waals surface area contributed by atoms with E-state index in [9.17, 15) is 0 Å². The van der Waals surface area contributed by atoms with E-state index in [1.807, 2.05) is 20.0 Å². The van der Waals surface area contributed by atoms with Gasteiger partial charge in [-0.2, -0.15) is 5.06 Å². The first kappa shape index (κ1) is 18.6. The van der Waals surface area contributed by atoms with Gasteiger partial charge in [0, 0.05) is 43.2 Å². The van der Waals surface area contributed by atoms with Gasteiger partial charge in [0.2, 0.25) is 0 Å². The summed E-state index contributed by atoms with van der Waals surface area (Å²) < 4.78 is 6.57. The minimum absolute atomic E-state index is 0.0183. The summed E-state index contributed by atoms with van der Waals surface area (Å²) >= 11 is 0. The molecule has 5 rings (SSSR count). The number of benzene rings is 2. The lowest BCUT2D eigenvalue weighted by atomic mass is 9.83. The highest BCUT2D eigenvalue weighted by Gasteiger charge is 2.39.